The Bertz CT molecular complexity index is 839. The van der Waals surface area contributed by atoms with Crippen LogP contribution in [-0.2, 0) is 29.0 Å². The minimum absolute atomic E-state index is 0.0488. The summed E-state index contributed by atoms with van der Waals surface area (Å²) in [6, 6.07) is 6.83. The van der Waals surface area contributed by atoms with Crippen LogP contribution in [0.15, 0.2) is 29.2 Å². The molecule has 2 aliphatic rings. The quantitative estimate of drug-likeness (QED) is 0.686. The predicted octanol–water partition coefficient (Wildman–Crippen LogP) is 0.336. The Labute approximate surface area is 155 Å². The summed E-state index contributed by atoms with van der Waals surface area (Å²) in [5.74, 6) is -1.54. The fourth-order valence-corrected chi connectivity index (χ4v) is 5.53. The van der Waals surface area contributed by atoms with E-state index in [-0.39, 0.29) is 23.8 Å². The van der Waals surface area contributed by atoms with Gasteiger partial charge in [-0.3, -0.25) is 14.4 Å². The van der Waals surface area contributed by atoms with Gasteiger partial charge in [-0.1, -0.05) is 12.1 Å². The Morgan fingerprint density at radius 3 is 2.81 bits per heavy atom. The molecule has 3 rings (SSSR count). The molecule has 1 saturated heterocycles. The molecule has 140 valence electrons. The van der Waals surface area contributed by atoms with Gasteiger partial charge >= 0.3 is 5.97 Å². The molecule has 1 aromatic carbocycles. The van der Waals surface area contributed by atoms with Crippen LogP contribution in [0.3, 0.4) is 0 Å². The van der Waals surface area contributed by atoms with Crippen molar-refractivity contribution in [2.75, 3.05) is 23.4 Å². The fourth-order valence-electron chi connectivity index (χ4n) is 2.76. The van der Waals surface area contributed by atoms with E-state index in [1.54, 1.807) is 6.07 Å². The molecular formula is C16H18N2O6S2. The fraction of sp³-hybridized carbons (Fsp3) is 0.438. The monoisotopic (exact) mass is 398 g/mol. The van der Waals surface area contributed by atoms with Gasteiger partial charge in [0.1, 0.15) is 0 Å². The van der Waals surface area contributed by atoms with Gasteiger partial charge in [0.05, 0.1) is 28.9 Å². The first-order valence-electron chi connectivity index (χ1n) is 8.04. The van der Waals surface area contributed by atoms with Gasteiger partial charge in [-0.05, 0) is 18.6 Å². The molecule has 2 aliphatic heterocycles. The number of fused-ring (bicyclic) bond motifs is 1. The van der Waals surface area contributed by atoms with Crippen LogP contribution < -0.4 is 10.6 Å². The standard InChI is InChI=1S/C16H18N2O6S2/c19-14(17-10-5-6-26(22,23)9-10)8-24-15(20)7-13-16(21)18-11-3-1-2-4-12(11)25-13/h1-4,10,13H,5-9H2,(H,17,19)(H,18,21)/t10-,13+/m1/s1. The van der Waals surface area contributed by atoms with Gasteiger partial charge in [0.15, 0.2) is 16.4 Å². The summed E-state index contributed by atoms with van der Waals surface area (Å²) in [5, 5.41) is 4.64. The maximum absolute atomic E-state index is 12.0. The van der Waals surface area contributed by atoms with Gasteiger partial charge in [0.25, 0.3) is 5.91 Å². The minimum atomic E-state index is -3.09. The number of para-hydroxylation sites is 1. The normalized spacial score (nSPS) is 23.6. The van der Waals surface area contributed by atoms with Gasteiger partial charge in [-0.15, -0.1) is 11.8 Å². The summed E-state index contributed by atoms with van der Waals surface area (Å²) in [7, 11) is -3.09. The molecule has 0 unspecified atom stereocenters. The lowest BCUT2D eigenvalue weighted by Crippen LogP contribution is -2.38. The van der Waals surface area contributed by atoms with E-state index in [2.05, 4.69) is 10.6 Å². The molecular weight excluding hydrogens is 380 g/mol. The molecule has 0 spiro atoms. The number of carbonyl (C=O) groups is 3. The third-order valence-corrected chi connectivity index (χ3v) is 7.06. The highest BCUT2D eigenvalue weighted by Gasteiger charge is 2.31. The first kappa shape index (κ1) is 18.7. The van der Waals surface area contributed by atoms with E-state index in [1.165, 1.54) is 11.8 Å². The van der Waals surface area contributed by atoms with Crippen molar-refractivity contribution in [2.24, 2.45) is 0 Å². The van der Waals surface area contributed by atoms with Crippen LogP contribution in [-0.4, -0.2) is 55.6 Å². The molecule has 8 nitrogen and oxygen atoms in total. The summed E-state index contributed by atoms with van der Waals surface area (Å²) in [6.45, 7) is -0.495. The van der Waals surface area contributed by atoms with Crippen molar-refractivity contribution in [2.45, 2.75) is 29.0 Å². The van der Waals surface area contributed by atoms with E-state index in [0.717, 1.165) is 4.90 Å². The Morgan fingerprint density at radius 2 is 2.08 bits per heavy atom. The van der Waals surface area contributed by atoms with Crippen molar-refractivity contribution < 1.29 is 27.5 Å². The third-order valence-electron chi connectivity index (χ3n) is 4.02. The molecule has 2 atom stereocenters. The number of anilines is 1. The number of esters is 1. The average molecular weight is 398 g/mol. The number of hydrogen-bond acceptors (Lipinski definition) is 7. The summed E-state index contributed by atoms with van der Waals surface area (Å²) >= 11 is 1.27. The number of carbonyl (C=O) groups excluding carboxylic acids is 3. The largest absolute Gasteiger partial charge is 0.456 e. The van der Waals surface area contributed by atoms with E-state index >= 15 is 0 Å². The molecule has 2 heterocycles. The predicted molar refractivity (Wildman–Crippen MR) is 95.5 cm³/mol. The smallest absolute Gasteiger partial charge is 0.307 e. The molecule has 10 heteroatoms. The number of benzene rings is 1. The molecule has 26 heavy (non-hydrogen) atoms. The number of sulfone groups is 1. The van der Waals surface area contributed by atoms with Crippen LogP contribution in [0.25, 0.3) is 0 Å². The number of rotatable bonds is 5. The summed E-state index contributed by atoms with van der Waals surface area (Å²) in [4.78, 5) is 36.6. The molecule has 0 saturated carbocycles. The summed E-state index contributed by atoms with van der Waals surface area (Å²) in [6.07, 6.45) is 0.205. The molecule has 1 fully saturated rings. The Balaban J connectivity index is 1.44. The maximum atomic E-state index is 12.0. The van der Waals surface area contributed by atoms with Crippen molar-refractivity contribution in [3.63, 3.8) is 0 Å². The number of thioether (sulfide) groups is 1. The minimum Gasteiger partial charge on any atom is -0.456 e. The second-order valence-electron chi connectivity index (χ2n) is 6.12. The van der Waals surface area contributed by atoms with Crippen molar-refractivity contribution in [3.8, 4) is 0 Å². The van der Waals surface area contributed by atoms with Crippen molar-refractivity contribution >= 4 is 45.1 Å². The first-order valence-corrected chi connectivity index (χ1v) is 10.7. The maximum Gasteiger partial charge on any atom is 0.307 e. The average Bonchev–Trinajstić information content (AvgIpc) is 2.92. The lowest BCUT2D eigenvalue weighted by molar-refractivity contribution is -0.149. The van der Waals surface area contributed by atoms with Crippen molar-refractivity contribution in [1.82, 2.24) is 5.32 Å². The SMILES string of the molecule is O=C(COC(=O)C[C@@H]1Sc2ccccc2NC1=O)N[C@@H]1CCS(=O)(=O)C1. The Hall–Kier alpha value is -2.07. The topological polar surface area (TPSA) is 119 Å². The zero-order chi connectivity index (χ0) is 18.7. The summed E-state index contributed by atoms with van der Waals surface area (Å²) in [5.41, 5.74) is 0.706. The van der Waals surface area contributed by atoms with E-state index in [9.17, 15) is 22.8 Å². The highest BCUT2D eigenvalue weighted by atomic mass is 32.2. The Morgan fingerprint density at radius 1 is 1.31 bits per heavy atom. The molecule has 0 bridgehead atoms. The number of hydrogen-bond donors (Lipinski definition) is 2. The van der Waals surface area contributed by atoms with Crippen LogP contribution >= 0.6 is 11.8 Å². The van der Waals surface area contributed by atoms with Crippen LogP contribution in [0, 0.1) is 0 Å². The van der Waals surface area contributed by atoms with Crippen molar-refractivity contribution in [1.29, 1.82) is 0 Å². The second kappa shape index (κ2) is 7.67. The highest BCUT2D eigenvalue weighted by Crippen LogP contribution is 2.36. The zero-order valence-corrected chi connectivity index (χ0v) is 15.4. The second-order valence-corrected chi connectivity index (χ2v) is 9.60. The first-order chi connectivity index (χ1) is 12.3. The lowest BCUT2D eigenvalue weighted by Gasteiger charge is -2.23. The zero-order valence-electron chi connectivity index (χ0n) is 13.8. The number of ether oxygens (including phenoxy) is 1. The van der Waals surface area contributed by atoms with E-state index < -0.39 is 39.6 Å². The van der Waals surface area contributed by atoms with Gasteiger partial charge in [0, 0.05) is 10.9 Å². The molecule has 1 aromatic rings. The lowest BCUT2D eigenvalue weighted by atomic mass is 10.2. The van der Waals surface area contributed by atoms with E-state index in [4.69, 9.17) is 4.74 Å². The Kier molecular flexibility index (Phi) is 5.52. The highest BCUT2D eigenvalue weighted by molar-refractivity contribution is 8.01. The molecule has 0 radical (unpaired) electrons. The van der Waals surface area contributed by atoms with E-state index in [1.807, 2.05) is 18.2 Å². The molecule has 0 aliphatic carbocycles. The van der Waals surface area contributed by atoms with Gasteiger partial charge < -0.3 is 15.4 Å². The number of nitrogens with one attached hydrogen (secondary N) is 2. The van der Waals surface area contributed by atoms with Crippen LogP contribution in [0.2, 0.25) is 0 Å². The molecule has 2 N–H and O–H groups in total. The van der Waals surface area contributed by atoms with Crippen molar-refractivity contribution in [3.05, 3.63) is 24.3 Å². The third kappa shape index (κ3) is 4.76. The van der Waals surface area contributed by atoms with Crippen LogP contribution in [0.4, 0.5) is 5.69 Å². The van der Waals surface area contributed by atoms with E-state index in [0.29, 0.717) is 12.1 Å². The molecule has 2 amide bonds. The van der Waals surface area contributed by atoms with Gasteiger partial charge in [-0.2, -0.15) is 0 Å². The van der Waals surface area contributed by atoms with Crippen LogP contribution in [0.5, 0.6) is 0 Å². The van der Waals surface area contributed by atoms with Gasteiger partial charge in [-0.25, -0.2) is 8.42 Å². The summed E-state index contributed by atoms with van der Waals surface area (Å²) < 4.78 is 27.6. The van der Waals surface area contributed by atoms with Crippen LogP contribution in [0.1, 0.15) is 12.8 Å². The van der Waals surface area contributed by atoms with Gasteiger partial charge in [0.2, 0.25) is 5.91 Å². The number of amides is 2. The molecule has 0 aromatic heterocycles.